The van der Waals surface area contributed by atoms with Gasteiger partial charge in [-0.25, -0.2) is 8.42 Å². The second-order valence-electron chi connectivity index (χ2n) is 4.60. The van der Waals surface area contributed by atoms with Crippen molar-refractivity contribution < 1.29 is 47.3 Å². The summed E-state index contributed by atoms with van der Waals surface area (Å²) in [4.78, 5) is 0. The molecule has 2 aromatic rings. The van der Waals surface area contributed by atoms with Gasteiger partial charge in [-0.05, 0) is 42.8 Å². The Morgan fingerprint density at radius 3 is 2.04 bits per heavy atom. The Bertz CT molecular complexity index is 760. The number of hydrogen-bond acceptors (Lipinski definition) is 4. The Morgan fingerprint density at radius 1 is 0.913 bits per heavy atom. The molecule has 0 N–H and O–H groups in total. The number of hydrogen-bond donors (Lipinski definition) is 0. The van der Waals surface area contributed by atoms with Gasteiger partial charge in [-0.15, -0.1) is 0 Å². The molecule has 0 amide bonds. The van der Waals surface area contributed by atoms with Crippen molar-refractivity contribution in [3.8, 4) is 17.6 Å². The van der Waals surface area contributed by atoms with Gasteiger partial charge in [0, 0.05) is 16.9 Å². The van der Waals surface area contributed by atoms with Crippen molar-refractivity contribution in [3.05, 3.63) is 65.7 Å². The molecule has 0 unspecified atom stereocenters. The summed E-state index contributed by atoms with van der Waals surface area (Å²) in [6.07, 6.45) is 0.182. The van der Waals surface area contributed by atoms with E-state index in [1.54, 1.807) is 12.1 Å². The largest absolute Gasteiger partial charge is 1.00 e. The molecule has 0 radical (unpaired) electrons. The minimum atomic E-state index is -4.17. The van der Waals surface area contributed by atoms with E-state index in [9.17, 15) is 13.0 Å². The van der Waals surface area contributed by atoms with E-state index in [0.29, 0.717) is 5.75 Å². The van der Waals surface area contributed by atoms with Crippen molar-refractivity contribution in [2.24, 2.45) is 0 Å². The Balaban J connectivity index is 0.00000264. The summed E-state index contributed by atoms with van der Waals surface area (Å²) in [7, 11) is -4.17. The van der Waals surface area contributed by atoms with Crippen LogP contribution >= 0.6 is 0 Å². The van der Waals surface area contributed by atoms with E-state index >= 15 is 0 Å². The predicted molar refractivity (Wildman–Crippen MR) is 83.5 cm³/mol. The van der Waals surface area contributed by atoms with E-state index in [2.05, 4.69) is 11.8 Å². The molecule has 2 aromatic carbocycles. The van der Waals surface area contributed by atoms with Gasteiger partial charge in [0.1, 0.15) is 5.75 Å². The molecule has 0 aromatic heterocycles. The molecule has 0 fully saturated rings. The Labute approximate surface area is 158 Å². The molecule has 4 nitrogen and oxygen atoms in total. The summed E-state index contributed by atoms with van der Waals surface area (Å²) in [6, 6.07) is 16.9. The van der Waals surface area contributed by atoms with Crippen LogP contribution in [0.1, 0.15) is 17.5 Å². The van der Waals surface area contributed by atoms with Gasteiger partial charge in [0.15, 0.2) is 0 Å². The Morgan fingerprint density at radius 2 is 1.48 bits per heavy atom. The third-order valence-corrected chi connectivity index (χ3v) is 3.58. The van der Waals surface area contributed by atoms with Crippen molar-refractivity contribution in [1.82, 2.24) is 0 Å². The molecule has 0 bridgehead atoms. The predicted octanol–water partition coefficient (Wildman–Crippen LogP) is -0.595. The fraction of sp³-hybridized carbons (Fsp3) is 0.176. The van der Waals surface area contributed by atoms with Crippen molar-refractivity contribution in [1.29, 1.82) is 0 Å². The molecule has 0 atom stereocenters. The molecule has 6 heteroatoms. The summed E-state index contributed by atoms with van der Waals surface area (Å²) in [5.74, 6) is 6.32. The molecule has 114 valence electrons. The zero-order chi connectivity index (χ0) is 15.8. The summed E-state index contributed by atoms with van der Waals surface area (Å²) >= 11 is 0. The minimum absolute atomic E-state index is 0. The normalized spacial score (nSPS) is 10.1. The van der Waals surface area contributed by atoms with Crippen LogP contribution in [0.15, 0.2) is 54.6 Å². The van der Waals surface area contributed by atoms with Crippen LogP contribution in [0.2, 0.25) is 0 Å². The van der Waals surface area contributed by atoms with Crippen molar-refractivity contribution >= 4 is 10.1 Å². The van der Waals surface area contributed by atoms with Gasteiger partial charge in [0.05, 0.1) is 16.7 Å². The first kappa shape index (κ1) is 19.8. The van der Waals surface area contributed by atoms with Gasteiger partial charge in [-0.2, -0.15) is 0 Å². The van der Waals surface area contributed by atoms with E-state index in [0.717, 1.165) is 11.1 Å². The number of benzene rings is 2. The van der Waals surface area contributed by atoms with Crippen molar-refractivity contribution in [3.63, 3.8) is 0 Å². The molecule has 0 spiro atoms. The van der Waals surface area contributed by atoms with Crippen LogP contribution in [0.5, 0.6) is 5.75 Å². The smallest absolute Gasteiger partial charge is 0.748 e. The zero-order valence-electron chi connectivity index (χ0n) is 12.9. The van der Waals surface area contributed by atoms with Crippen molar-refractivity contribution in [2.45, 2.75) is 6.42 Å². The molecular formula is C17H15NaO4S. The van der Waals surface area contributed by atoms with Crippen LogP contribution in [-0.4, -0.2) is 25.3 Å². The molecule has 0 aliphatic rings. The van der Waals surface area contributed by atoms with E-state index in [4.69, 9.17) is 4.74 Å². The summed E-state index contributed by atoms with van der Waals surface area (Å²) in [5.41, 5.74) is 1.81. The Kier molecular flexibility index (Phi) is 8.38. The van der Waals surface area contributed by atoms with Gasteiger partial charge in [-0.1, -0.05) is 30.0 Å². The standard InChI is InChI=1S/C17H16O4S.Na/c18-22(19,20)14-4-13-21-17-11-9-16(10-12-17)8-7-15-5-2-1-3-6-15;/h1-3,5-6,9-12H,4,13-14H2,(H,18,19,20);/q;+1/p-1. The van der Waals surface area contributed by atoms with E-state index in [1.165, 1.54) is 0 Å². The fourth-order valence-electron chi connectivity index (χ4n) is 1.73. The summed E-state index contributed by atoms with van der Waals surface area (Å²) in [5, 5.41) is 0. The SMILES string of the molecule is O=S(=O)([O-])CCCOc1ccc(C#Cc2ccccc2)cc1.[Na+]. The molecule has 23 heavy (non-hydrogen) atoms. The third-order valence-electron chi connectivity index (χ3n) is 2.79. The summed E-state index contributed by atoms with van der Waals surface area (Å²) < 4.78 is 36.7. The quantitative estimate of drug-likeness (QED) is 0.316. The zero-order valence-corrected chi connectivity index (χ0v) is 15.7. The topological polar surface area (TPSA) is 66.4 Å². The molecule has 0 saturated heterocycles. The van der Waals surface area contributed by atoms with Crippen LogP contribution in [0.25, 0.3) is 0 Å². The van der Waals surface area contributed by atoms with Crippen LogP contribution in [0.4, 0.5) is 0 Å². The van der Waals surface area contributed by atoms with Gasteiger partial charge in [0.25, 0.3) is 0 Å². The maximum Gasteiger partial charge on any atom is 1.00 e. The Hall–Kier alpha value is -1.29. The molecule has 0 heterocycles. The van der Waals surface area contributed by atoms with Crippen LogP contribution in [0, 0.1) is 11.8 Å². The van der Waals surface area contributed by atoms with Gasteiger partial charge in [-0.3, -0.25) is 0 Å². The molecule has 0 saturated carbocycles. The fourth-order valence-corrected chi connectivity index (χ4v) is 2.20. The van der Waals surface area contributed by atoms with Gasteiger partial charge >= 0.3 is 29.6 Å². The molecule has 2 rings (SSSR count). The monoisotopic (exact) mass is 338 g/mol. The van der Waals surface area contributed by atoms with Gasteiger partial charge < -0.3 is 9.29 Å². The third kappa shape index (κ3) is 8.21. The van der Waals surface area contributed by atoms with E-state index in [-0.39, 0.29) is 42.6 Å². The molecule has 0 aliphatic heterocycles. The molecular weight excluding hydrogens is 323 g/mol. The number of ether oxygens (including phenoxy) is 1. The molecule has 0 aliphatic carbocycles. The van der Waals surface area contributed by atoms with Gasteiger partial charge in [0.2, 0.25) is 0 Å². The van der Waals surface area contributed by atoms with E-state index < -0.39 is 15.9 Å². The first-order valence-electron chi connectivity index (χ1n) is 6.76. The maximum atomic E-state index is 10.4. The maximum absolute atomic E-state index is 10.4. The first-order valence-corrected chi connectivity index (χ1v) is 8.34. The van der Waals surface area contributed by atoms with Crippen molar-refractivity contribution in [2.75, 3.05) is 12.4 Å². The average molecular weight is 338 g/mol. The second kappa shape index (κ2) is 9.76. The van der Waals surface area contributed by atoms with Crippen LogP contribution < -0.4 is 34.3 Å². The minimum Gasteiger partial charge on any atom is -0.748 e. The number of rotatable bonds is 5. The second-order valence-corrected chi connectivity index (χ2v) is 6.13. The average Bonchev–Trinajstić information content (AvgIpc) is 2.51. The first-order chi connectivity index (χ1) is 10.5. The van der Waals surface area contributed by atoms with E-state index in [1.807, 2.05) is 42.5 Å². The summed E-state index contributed by atoms with van der Waals surface area (Å²) in [6.45, 7) is 0.191. The van der Waals surface area contributed by atoms with Crippen LogP contribution in [-0.2, 0) is 10.1 Å². The van der Waals surface area contributed by atoms with Crippen LogP contribution in [0.3, 0.4) is 0 Å².